The molecule has 0 atom stereocenters. The highest BCUT2D eigenvalue weighted by molar-refractivity contribution is 5.71. The van der Waals surface area contributed by atoms with Gasteiger partial charge in [0, 0.05) is 7.11 Å². The number of hydrogen-bond donors (Lipinski definition) is 1. The van der Waals surface area contributed by atoms with Crippen LogP contribution in [0.2, 0.25) is 0 Å². The molecule has 12 heavy (non-hydrogen) atoms. The second-order valence-corrected chi connectivity index (χ2v) is 3.04. The van der Waals surface area contributed by atoms with Crippen LogP contribution in [-0.4, -0.2) is 6.41 Å². The molecule has 0 bridgehead atoms. The first-order valence-electron chi connectivity index (χ1n) is 4.04. The topological polar surface area (TPSA) is 29.1 Å². The van der Waals surface area contributed by atoms with Crippen LogP contribution in [0.25, 0.3) is 0 Å². The first-order valence-corrected chi connectivity index (χ1v) is 4.04. The Balaban J connectivity index is 0.00000144. The average molecular weight is 165 g/mol. The Bertz CT molecular complexity index is 256. The fourth-order valence-corrected chi connectivity index (χ4v) is 1.03. The molecule has 1 aromatic carbocycles. The van der Waals surface area contributed by atoms with E-state index in [0.29, 0.717) is 12.3 Å². The monoisotopic (exact) mass is 165 g/mol. The van der Waals surface area contributed by atoms with Gasteiger partial charge in [-0.3, -0.25) is 4.79 Å². The molecule has 0 saturated carbocycles. The van der Waals surface area contributed by atoms with Crippen molar-refractivity contribution in [2.45, 2.75) is 19.8 Å². The lowest BCUT2D eigenvalue weighted by molar-refractivity contribution is -0.105. The first-order chi connectivity index (χ1) is 5.74. The summed E-state index contributed by atoms with van der Waals surface area (Å²) in [7, 11) is 0. The summed E-state index contributed by atoms with van der Waals surface area (Å²) in [5.74, 6) is 0.537. The van der Waals surface area contributed by atoms with Crippen LogP contribution in [0.4, 0.5) is 5.69 Å². The van der Waals surface area contributed by atoms with E-state index in [4.69, 9.17) is 0 Å². The molecule has 0 aliphatic rings. The third-order valence-corrected chi connectivity index (χ3v) is 1.80. The van der Waals surface area contributed by atoms with Gasteiger partial charge in [-0.2, -0.15) is 0 Å². The molecule has 0 radical (unpaired) electrons. The van der Waals surface area contributed by atoms with Crippen LogP contribution in [-0.2, 0) is 4.79 Å². The van der Waals surface area contributed by atoms with Crippen LogP contribution in [0.1, 0.15) is 26.8 Å². The third-order valence-electron chi connectivity index (χ3n) is 1.80. The van der Waals surface area contributed by atoms with Crippen LogP contribution in [0.15, 0.2) is 24.3 Å². The standard InChI is InChI=1S/C10H13NO.H2/c1-8(2)9-3-5-10(6-4-9)11-7-12;/h3-8H,1-2H3,(H,11,12);1H. The van der Waals surface area contributed by atoms with Gasteiger partial charge in [0.1, 0.15) is 0 Å². The zero-order valence-electron chi connectivity index (χ0n) is 7.37. The summed E-state index contributed by atoms with van der Waals surface area (Å²) in [6.07, 6.45) is 0.685. The summed E-state index contributed by atoms with van der Waals surface area (Å²) in [4.78, 5) is 10.1. The van der Waals surface area contributed by atoms with E-state index in [0.717, 1.165) is 5.69 Å². The molecule has 0 heterocycles. The lowest BCUT2D eigenvalue weighted by Crippen LogP contribution is -1.94. The molecule has 1 rings (SSSR count). The SMILES string of the molecule is CC(C)c1ccc(NC=O)cc1.[HH]. The zero-order chi connectivity index (χ0) is 8.97. The van der Waals surface area contributed by atoms with Gasteiger partial charge < -0.3 is 5.32 Å². The summed E-state index contributed by atoms with van der Waals surface area (Å²) in [6, 6.07) is 7.86. The second-order valence-electron chi connectivity index (χ2n) is 3.04. The predicted molar refractivity (Wildman–Crippen MR) is 52.3 cm³/mol. The van der Waals surface area contributed by atoms with E-state index in [1.807, 2.05) is 24.3 Å². The zero-order valence-corrected chi connectivity index (χ0v) is 7.37. The molecule has 0 aliphatic carbocycles. The number of benzene rings is 1. The maximum absolute atomic E-state index is 10.1. The van der Waals surface area contributed by atoms with Crippen LogP contribution < -0.4 is 5.32 Å². The number of anilines is 1. The Morgan fingerprint density at radius 2 is 1.92 bits per heavy atom. The predicted octanol–water partition coefficient (Wildman–Crippen LogP) is 2.62. The Kier molecular flexibility index (Phi) is 2.86. The molecule has 0 spiro atoms. The minimum Gasteiger partial charge on any atom is -0.329 e. The summed E-state index contributed by atoms with van der Waals surface area (Å²) in [5.41, 5.74) is 2.13. The molecular formula is C10H15NO. The van der Waals surface area contributed by atoms with Gasteiger partial charge in [0.15, 0.2) is 0 Å². The summed E-state index contributed by atoms with van der Waals surface area (Å²) in [5, 5.41) is 2.59. The Hall–Kier alpha value is -1.31. The molecule has 1 aromatic rings. The van der Waals surface area contributed by atoms with Crippen LogP contribution in [0.3, 0.4) is 0 Å². The van der Waals surface area contributed by atoms with Crippen LogP contribution >= 0.6 is 0 Å². The number of rotatable bonds is 3. The highest BCUT2D eigenvalue weighted by atomic mass is 16.1. The van der Waals surface area contributed by atoms with Crippen molar-refractivity contribution in [1.29, 1.82) is 0 Å². The molecule has 66 valence electrons. The van der Waals surface area contributed by atoms with E-state index in [-0.39, 0.29) is 1.43 Å². The molecular weight excluding hydrogens is 150 g/mol. The van der Waals surface area contributed by atoms with E-state index in [1.54, 1.807) is 0 Å². The lowest BCUT2D eigenvalue weighted by Gasteiger charge is -2.05. The molecule has 0 aromatic heterocycles. The minimum absolute atomic E-state index is 0. The number of amides is 1. The van der Waals surface area contributed by atoms with Gasteiger partial charge in [0.25, 0.3) is 0 Å². The van der Waals surface area contributed by atoms with Crippen molar-refractivity contribution in [3.8, 4) is 0 Å². The molecule has 0 unspecified atom stereocenters. The molecule has 1 N–H and O–H groups in total. The van der Waals surface area contributed by atoms with Gasteiger partial charge in [-0.25, -0.2) is 0 Å². The lowest BCUT2D eigenvalue weighted by atomic mass is 10.0. The van der Waals surface area contributed by atoms with Crippen molar-refractivity contribution in [1.82, 2.24) is 0 Å². The van der Waals surface area contributed by atoms with E-state index in [1.165, 1.54) is 5.56 Å². The van der Waals surface area contributed by atoms with Gasteiger partial charge in [0.05, 0.1) is 0 Å². The number of hydrogen-bond acceptors (Lipinski definition) is 1. The quantitative estimate of drug-likeness (QED) is 0.685. The molecule has 2 heteroatoms. The van der Waals surface area contributed by atoms with E-state index < -0.39 is 0 Å². The Labute approximate surface area is 74.1 Å². The van der Waals surface area contributed by atoms with Gasteiger partial charge in [0.2, 0.25) is 6.41 Å². The highest BCUT2D eigenvalue weighted by Gasteiger charge is 1.97. The van der Waals surface area contributed by atoms with E-state index >= 15 is 0 Å². The molecule has 0 fully saturated rings. The Morgan fingerprint density at radius 3 is 2.33 bits per heavy atom. The summed E-state index contributed by atoms with van der Waals surface area (Å²) >= 11 is 0. The molecule has 0 saturated heterocycles. The van der Waals surface area contributed by atoms with Crippen molar-refractivity contribution in [2.75, 3.05) is 5.32 Å². The fraction of sp³-hybridized carbons (Fsp3) is 0.300. The normalized spacial score (nSPS) is 9.92. The molecule has 1 amide bonds. The van der Waals surface area contributed by atoms with Crippen molar-refractivity contribution in [3.05, 3.63) is 29.8 Å². The fourth-order valence-electron chi connectivity index (χ4n) is 1.03. The Morgan fingerprint density at radius 1 is 1.33 bits per heavy atom. The van der Waals surface area contributed by atoms with Gasteiger partial charge in [-0.1, -0.05) is 26.0 Å². The van der Waals surface area contributed by atoms with Crippen molar-refractivity contribution >= 4 is 12.1 Å². The third kappa shape index (κ3) is 2.09. The van der Waals surface area contributed by atoms with E-state index in [2.05, 4.69) is 19.2 Å². The van der Waals surface area contributed by atoms with Gasteiger partial charge in [-0.05, 0) is 23.6 Å². The smallest absolute Gasteiger partial charge is 0.211 e. The summed E-state index contributed by atoms with van der Waals surface area (Å²) in [6.45, 7) is 4.28. The number of carbonyl (C=O) groups excluding carboxylic acids is 1. The second kappa shape index (κ2) is 3.90. The van der Waals surface area contributed by atoms with Crippen molar-refractivity contribution in [3.63, 3.8) is 0 Å². The highest BCUT2D eigenvalue weighted by Crippen LogP contribution is 2.16. The van der Waals surface area contributed by atoms with Crippen LogP contribution in [0.5, 0.6) is 0 Å². The van der Waals surface area contributed by atoms with Crippen LogP contribution in [0, 0.1) is 0 Å². The maximum Gasteiger partial charge on any atom is 0.211 e. The van der Waals surface area contributed by atoms with Crippen molar-refractivity contribution in [2.24, 2.45) is 0 Å². The van der Waals surface area contributed by atoms with Crippen molar-refractivity contribution < 1.29 is 6.22 Å². The molecule has 0 aliphatic heterocycles. The van der Waals surface area contributed by atoms with Gasteiger partial charge in [-0.15, -0.1) is 0 Å². The van der Waals surface area contributed by atoms with Gasteiger partial charge >= 0.3 is 0 Å². The first kappa shape index (κ1) is 8.78. The average Bonchev–Trinajstić information content (AvgIpc) is 2.06. The minimum atomic E-state index is 0. The summed E-state index contributed by atoms with van der Waals surface area (Å²) < 4.78 is 0. The largest absolute Gasteiger partial charge is 0.329 e. The maximum atomic E-state index is 10.1. The molecule has 2 nitrogen and oxygen atoms in total. The van der Waals surface area contributed by atoms with E-state index in [9.17, 15) is 4.79 Å². The number of carbonyl (C=O) groups is 1. The number of nitrogens with one attached hydrogen (secondary N) is 1.